The van der Waals surface area contributed by atoms with Crippen molar-refractivity contribution in [2.24, 2.45) is 0 Å². The maximum Gasteiger partial charge on any atom is 0.358 e. The molecular weight excluding hydrogens is 158 g/mol. The van der Waals surface area contributed by atoms with Crippen LogP contribution in [0.15, 0.2) is 0 Å². The van der Waals surface area contributed by atoms with Gasteiger partial charge in [-0.05, 0) is 12.8 Å². The fourth-order valence-electron chi connectivity index (χ4n) is 1.36. The van der Waals surface area contributed by atoms with Crippen molar-refractivity contribution >= 4 is 5.97 Å². The van der Waals surface area contributed by atoms with Crippen molar-refractivity contribution in [1.82, 2.24) is 15.4 Å². The normalized spacial score (nSPS) is 17.3. The van der Waals surface area contributed by atoms with Gasteiger partial charge in [0.05, 0.1) is 0 Å². The molecule has 0 atom stereocenters. The van der Waals surface area contributed by atoms with E-state index in [0.29, 0.717) is 11.6 Å². The molecule has 1 aromatic rings. The molecule has 0 aromatic carbocycles. The largest absolute Gasteiger partial charge is 0.476 e. The molecule has 12 heavy (non-hydrogen) atoms. The Bertz CT molecular complexity index is 303. The van der Waals surface area contributed by atoms with E-state index in [9.17, 15) is 4.79 Å². The summed E-state index contributed by atoms with van der Waals surface area (Å²) in [5.74, 6) is -0.680. The predicted octanol–water partition coefficient (Wildman–Crippen LogP) is 0.770. The number of nitrogens with zero attached hydrogens (tertiary/aromatic N) is 2. The van der Waals surface area contributed by atoms with Gasteiger partial charge in [0.15, 0.2) is 5.69 Å². The van der Waals surface area contributed by atoms with Gasteiger partial charge in [0.1, 0.15) is 5.69 Å². The predicted molar refractivity (Wildman–Crippen MR) is 39.9 cm³/mol. The number of carbonyl (C=O) groups is 1. The smallest absolute Gasteiger partial charge is 0.358 e. The molecule has 5 heteroatoms. The molecule has 0 bridgehead atoms. The third kappa shape index (κ3) is 0.975. The Morgan fingerprint density at radius 2 is 2.25 bits per heavy atom. The SMILES string of the molecule is O=C(O)c1n[nH]nc1C1CCC1. The molecular formula is C7H9N3O2. The van der Waals surface area contributed by atoms with Crippen LogP contribution in [0.5, 0.6) is 0 Å². The molecule has 2 rings (SSSR count). The molecule has 0 amide bonds. The van der Waals surface area contributed by atoms with Gasteiger partial charge >= 0.3 is 5.97 Å². The summed E-state index contributed by atoms with van der Waals surface area (Å²) in [5, 5.41) is 18.5. The first-order chi connectivity index (χ1) is 5.79. The van der Waals surface area contributed by atoms with Crippen LogP contribution >= 0.6 is 0 Å². The lowest BCUT2D eigenvalue weighted by atomic mass is 9.82. The minimum Gasteiger partial charge on any atom is -0.476 e. The second kappa shape index (κ2) is 2.58. The monoisotopic (exact) mass is 167 g/mol. The van der Waals surface area contributed by atoms with Crippen LogP contribution in [-0.4, -0.2) is 26.5 Å². The number of aromatic nitrogens is 3. The first-order valence-corrected chi connectivity index (χ1v) is 3.93. The summed E-state index contributed by atoms with van der Waals surface area (Å²) in [6.45, 7) is 0. The molecule has 1 aromatic heterocycles. The van der Waals surface area contributed by atoms with Gasteiger partial charge in [0, 0.05) is 5.92 Å². The zero-order valence-corrected chi connectivity index (χ0v) is 6.45. The topological polar surface area (TPSA) is 78.9 Å². The fraction of sp³-hybridized carbons (Fsp3) is 0.571. The number of hydrogen-bond acceptors (Lipinski definition) is 3. The number of aromatic amines is 1. The van der Waals surface area contributed by atoms with E-state index in [1.165, 1.54) is 0 Å². The summed E-state index contributed by atoms with van der Waals surface area (Å²) in [5.41, 5.74) is 0.702. The van der Waals surface area contributed by atoms with Crippen molar-refractivity contribution in [3.63, 3.8) is 0 Å². The number of rotatable bonds is 2. The Hall–Kier alpha value is -1.39. The van der Waals surface area contributed by atoms with E-state index in [-0.39, 0.29) is 5.69 Å². The third-order valence-electron chi connectivity index (χ3n) is 2.27. The number of H-pyrrole nitrogens is 1. The summed E-state index contributed by atoms with van der Waals surface area (Å²) in [6, 6.07) is 0. The number of aromatic carboxylic acids is 1. The van der Waals surface area contributed by atoms with Crippen LogP contribution in [0.4, 0.5) is 0 Å². The molecule has 1 aliphatic carbocycles. The van der Waals surface area contributed by atoms with Gasteiger partial charge in [-0.25, -0.2) is 4.79 Å². The fourth-order valence-corrected chi connectivity index (χ4v) is 1.36. The van der Waals surface area contributed by atoms with Crippen LogP contribution in [-0.2, 0) is 0 Å². The van der Waals surface area contributed by atoms with Crippen LogP contribution in [0.1, 0.15) is 41.4 Å². The molecule has 0 saturated heterocycles. The standard InChI is InChI=1S/C7H9N3O2/c11-7(12)6-5(8-10-9-6)4-2-1-3-4/h4H,1-3H2,(H,11,12)(H,8,9,10). The molecule has 2 N–H and O–H groups in total. The lowest BCUT2D eigenvalue weighted by Gasteiger charge is -2.22. The van der Waals surface area contributed by atoms with E-state index in [2.05, 4.69) is 15.4 Å². The van der Waals surface area contributed by atoms with Crippen molar-refractivity contribution in [1.29, 1.82) is 0 Å². The minimum atomic E-state index is -0.995. The van der Waals surface area contributed by atoms with E-state index >= 15 is 0 Å². The molecule has 1 heterocycles. The van der Waals surface area contributed by atoms with Gasteiger partial charge in [-0.1, -0.05) is 6.42 Å². The average Bonchev–Trinajstić information content (AvgIpc) is 2.31. The molecule has 1 fully saturated rings. The van der Waals surface area contributed by atoms with E-state index in [4.69, 9.17) is 5.11 Å². The number of carboxylic acids is 1. The van der Waals surface area contributed by atoms with Gasteiger partial charge < -0.3 is 5.11 Å². The van der Waals surface area contributed by atoms with Crippen LogP contribution in [0.3, 0.4) is 0 Å². The second-order valence-electron chi connectivity index (χ2n) is 2.99. The lowest BCUT2D eigenvalue weighted by molar-refractivity contribution is 0.0688. The molecule has 5 nitrogen and oxygen atoms in total. The van der Waals surface area contributed by atoms with Gasteiger partial charge in [-0.15, -0.1) is 5.10 Å². The average molecular weight is 167 g/mol. The Kier molecular flexibility index (Phi) is 1.56. The molecule has 0 spiro atoms. The maximum absolute atomic E-state index is 10.6. The molecule has 0 unspecified atom stereocenters. The molecule has 1 aliphatic rings. The molecule has 1 saturated carbocycles. The van der Waals surface area contributed by atoms with Crippen molar-refractivity contribution in [2.75, 3.05) is 0 Å². The molecule has 0 radical (unpaired) electrons. The highest BCUT2D eigenvalue weighted by Crippen LogP contribution is 2.36. The Labute approximate surface area is 68.8 Å². The summed E-state index contributed by atoms with van der Waals surface area (Å²) >= 11 is 0. The summed E-state index contributed by atoms with van der Waals surface area (Å²) < 4.78 is 0. The first kappa shape index (κ1) is 7.27. The first-order valence-electron chi connectivity index (χ1n) is 3.93. The van der Waals surface area contributed by atoms with Crippen molar-refractivity contribution < 1.29 is 9.90 Å². The minimum absolute atomic E-state index is 0.0831. The number of nitrogens with one attached hydrogen (secondary N) is 1. The Morgan fingerprint density at radius 3 is 2.75 bits per heavy atom. The van der Waals surface area contributed by atoms with Crippen molar-refractivity contribution in [3.05, 3.63) is 11.4 Å². The van der Waals surface area contributed by atoms with Crippen LogP contribution in [0.2, 0.25) is 0 Å². The zero-order chi connectivity index (χ0) is 8.55. The van der Waals surface area contributed by atoms with Crippen LogP contribution in [0, 0.1) is 0 Å². The zero-order valence-electron chi connectivity index (χ0n) is 6.45. The Balaban J connectivity index is 2.29. The highest BCUT2D eigenvalue weighted by atomic mass is 16.4. The van der Waals surface area contributed by atoms with Gasteiger partial charge in [-0.3, -0.25) is 0 Å². The highest BCUT2D eigenvalue weighted by molar-refractivity contribution is 5.86. The van der Waals surface area contributed by atoms with Crippen LogP contribution < -0.4 is 0 Å². The second-order valence-corrected chi connectivity index (χ2v) is 2.99. The molecule has 64 valence electrons. The Morgan fingerprint density at radius 1 is 1.50 bits per heavy atom. The molecule has 0 aliphatic heterocycles. The quantitative estimate of drug-likeness (QED) is 0.681. The van der Waals surface area contributed by atoms with Gasteiger partial charge in [0.2, 0.25) is 0 Å². The van der Waals surface area contributed by atoms with E-state index < -0.39 is 5.97 Å². The maximum atomic E-state index is 10.6. The third-order valence-corrected chi connectivity index (χ3v) is 2.27. The van der Waals surface area contributed by atoms with Crippen molar-refractivity contribution in [2.45, 2.75) is 25.2 Å². The van der Waals surface area contributed by atoms with Gasteiger partial charge in [0.25, 0.3) is 0 Å². The van der Waals surface area contributed by atoms with Crippen molar-refractivity contribution in [3.8, 4) is 0 Å². The van der Waals surface area contributed by atoms with E-state index in [1.807, 2.05) is 0 Å². The van der Waals surface area contributed by atoms with Gasteiger partial charge in [-0.2, -0.15) is 10.3 Å². The number of hydrogen-bond donors (Lipinski definition) is 2. The summed E-state index contributed by atoms with van der Waals surface area (Å²) in [6.07, 6.45) is 3.23. The lowest BCUT2D eigenvalue weighted by Crippen LogP contribution is -2.13. The summed E-state index contributed by atoms with van der Waals surface area (Å²) in [7, 11) is 0. The van der Waals surface area contributed by atoms with E-state index in [0.717, 1.165) is 19.3 Å². The van der Waals surface area contributed by atoms with E-state index in [1.54, 1.807) is 0 Å². The highest BCUT2D eigenvalue weighted by Gasteiger charge is 2.27. The van der Waals surface area contributed by atoms with Crippen LogP contribution in [0.25, 0.3) is 0 Å². The number of carboxylic acid groups (broad SMARTS) is 1. The summed E-state index contributed by atoms with van der Waals surface area (Å²) in [4.78, 5) is 10.6.